The summed E-state index contributed by atoms with van der Waals surface area (Å²) in [7, 11) is 0. The van der Waals surface area contributed by atoms with Gasteiger partial charge in [-0.1, -0.05) is 6.92 Å². The molecule has 1 aliphatic heterocycles. The van der Waals surface area contributed by atoms with Crippen molar-refractivity contribution in [1.29, 1.82) is 0 Å². The number of carbonyl (C=O) groups excluding carboxylic acids is 1. The molecule has 1 aliphatic rings. The summed E-state index contributed by atoms with van der Waals surface area (Å²) in [6, 6.07) is 3.42. The van der Waals surface area contributed by atoms with E-state index in [1.165, 1.54) is 6.92 Å². The van der Waals surface area contributed by atoms with Crippen molar-refractivity contribution >= 4 is 17.9 Å². The zero-order valence-corrected chi connectivity index (χ0v) is 20.0. The molecule has 0 aromatic heterocycles. The van der Waals surface area contributed by atoms with Crippen molar-refractivity contribution in [3.63, 3.8) is 0 Å². The van der Waals surface area contributed by atoms with E-state index < -0.39 is 71.7 Å². The lowest BCUT2D eigenvalue weighted by atomic mass is 9.88. The molecular weight excluding hydrogens is 551 g/mol. The molecule has 0 radical (unpaired) electrons. The van der Waals surface area contributed by atoms with Gasteiger partial charge in [-0.05, 0) is 66.8 Å². The number of carbonyl (C=O) groups is 2. The van der Waals surface area contributed by atoms with Crippen LogP contribution in [0.1, 0.15) is 47.6 Å². The Morgan fingerprint density at radius 2 is 1.49 bits per heavy atom. The molecule has 1 atom stereocenters. The molecule has 6 nitrogen and oxygen atoms in total. The number of alkyl carbamates (subject to hydrolysis) is 1. The number of fused-ring (bicyclic) bond motifs is 1. The minimum Gasteiger partial charge on any atom is -0.465 e. The molecule has 2 aromatic carbocycles. The molecule has 0 saturated heterocycles. The maximum Gasteiger partial charge on any atom is 0.416 e. The van der Waals surface area contributed by atoms with Gasteiger partial charge in [-0.15, -0.1) is 0 Å². The monoisotopic (exact) mass is 572 g/mol. The Morgan fingerprint density at radius 1 is 0.923 bits per heavy atom. The minimum absolute atomic E-state index is 0.0401. The first-order valence-electron chi connectivity index (χ1n) is 11.3. The van der Waals surface area contributed by atoms with Gasteiger partial charge in [0.25, 0.3) is 0 Å². The quantitative estimate of drug-likeness (QED) is 0.370. The van der Waals surface area contributed by atoms with Crippen LogP contribution < -0.4 is 10.2 Å². The average Bonchev–Trinajstić information content (AvgIpc) is 2.81. The largest absolute Gasteiger partial charge is 0.465 e. The number of benzene rings is 2. The highest BCUT2D eigenvalue weighted by molar-refractivity contribution is 5.90. The van der Waals surface area contributed by atoms with Crippen molar-refractivity contribution in [2.75, 3.05) is 11.5 Å². The lowest BCUT2D eigenvalue weighted by Crippen LogP contribution is -2.64. The normalized spacial score (nSPS) is 17.9. The van der Waals surface area contributed by atoms with Crippen LogP contribution in [0.5, 0.6) is 0 Å². The van der Waals surface area contributed by atoms with Gasteiger partial charge < -0.3 is 9.84 Å². The Hall–Kier alpha value is -3.65. The Morgan fingerprint density at radius 3 is 1.97 bits per heavy atom. The number of hydrogen-bond donors (Lipinski definition) is 2. The number of aryl methyl sites for hydroxylation is 1. The zero-order chi connectivity index (χ0) is 29.4. The van der Waals surface area contributed by atoms with Gasteiger partial charge in [-0.2, -0.15) is 39.5 Å². The van der Waals surface area contributed by atoms with Gasteiger partial charge in [0, 0.05) is 6.42 Å². The SMILES string of the molecule is CCC1(NC(=O)OCCc2cc(C(F)(F)F)cc(C(F)(F)F)c2)CCc2cc(C(F)(F)F)ccc2N1C(=O)O. The summed E-state index contributed by atoms with van der Waals surface area (Å²) in [5, 5.41) is 12.2. The van der Waals surface area contributed by atoms with E-state index in [2.05, 4.69) is 5.32 Å². The summed E-state index contributed by atoms with van der Waals surface area (Å²) in [5.74, 6) is 0. The fraction of sp³-hybridized carbons (Fsp3) is 0.417. The zero-order valence-electron chi connectivity index (χ0n) is 20.0. The summed E-state index contributed by atoms with van der Waals surface area (Å²) >= 11 is 0. The van der Waals surface area contributed by atoms with E-state index in [9.17, 15) is 54.2 Å². The third-order valence-electron chi connectivity index (χ3n) is 6.27. The summed E-state index contributed by atoms with van der Waals surface area (Å²) in [6.07, 6.45) is -18.3. The lowest BCUT2D eigenvalue weighted by Gasteiger charge is -2.46. The number of rotatable bonds is 5. The molecule has 1 heterocycles. The molecule has 0 aliphatic carbocycles. The number of nitrogens with zero attached hydrogens (tertiary/aromatic N) is 1. The number of halogens is 9. The highest BCUT2D eigenvalue weighted by atomic mass is 19.4. The molecule has 2 aromatic rings. The second kappa shape index (κ2) is 10.5. The van der Waals surface area contributed by atoms with E-state index in [1.807, 2.05) is 0 Å². The first-order valence-corrected chi connectivity index (χ1v) is 11.3. The third-order valence-corrected chi connectivity index (χ3v) is 6.27. The Bertz CT molecular complexity index is 1210. The molecule has 0 bridgehead atoms. The van der Waals surface area contributed by atoms with E-state index in [1.54, 1.807) is 0 Å². The van der Waals surface area contributed by atoms with Crippen LogP contribution in [-0.4, -0.2) is 29.6 Å². The molecule has 3 rings (SSSR count). The number of hydrogen-bond acceptors (Lipinski definition) is 3. The van der Waals surface area contributed by atoms with Crippen molar-refractivity contribution in [2.24, 2.45) is 0 Å². The topological polar surface area (TPSA) is 78.9 Å². The van der Waals surface area contributed by atoms with Gasteiger partial charge in [0.15, 0.2) is 0 Å². The first kappa shape index (κ1) is 29.9. The Kier molecular flexibility index (Phi) is 8.04. The average molecular weight is 572 g/mol. The molecule has 39 heavy (non-hydrogen) atoms. The Balaban J connectivity index is 1.77. The maximum absolute atomic E-state index is 13.1. The van der Waals surface area contributed by atoms with Crippen molar-refractivity contribution < 1.29 is 58.9 Å². The van der Waals surface area contributed by atoms with Gasteiger partial charge >= 0.3 is 30.7 Å². The lowest BCUT2D eigenvalue weighted by molar-refractivity contribution is -0.143. The predicted octanol–water partition coefficient (Wildman–Crippen LogP) is 7.25. The maximum atomic E-state index is 13.1. The van der Waals surface area contributed by atoms with Gasteiger partial charge in [-0.25, -0.2) is 9.59 Å². The van der Waals surface area contributed by atoms with Gasteiger partial charge in [-0.3, -0.25) is 10.2 Å². The van der Waals surface area contributed by atoms with E-state index in [0.29, 0.717) is 23.1 Å². The summed E-state index contributed by atoms with van der Waals surface area (Å²) in [6.45, 7) is 0.857. The fourth-order valence-electron chi connectivity index (χ4n) is 4.34. The summed E-state index contributed by atoms with van der Waals surface area (Å²) in [4.78, 5) is 25.3. The first-order chi connectivity index (χ1) is 17.9. The highest BCUT2D eigenvalue weighted by Gasteiger charge is 2.46. The van der Waals surface area contributed by atoms with Gasteiger partial charge in [0.2, 0.25) is 0 Å². The van der Waals surface area contributed by atoms with Crippen LogP contribution >= 0.6 is 0 Å². The Labute approximate surface area is 215 Å². The summed E-state index contributed by atoms with van der Waals surface area (Å²) in [5.41, 5.74) is -6.11. The van der Waals surface area contributed by atoms with Crippen LogP contribution in [0, 0.1) is 0 Å². The molecule has 2 N–H and O–H groups in total. The number of amides is 2. The van der Waals surface area contributed by atoms with E-state index in [4.69, 9.17) is 4.74 Å². The molecule has 0 spiro atoms. The van der Waals surface area contributed by atoms with E-state index >= 15 is 0 Å². The van der Waals surface area contributed by atoms with Crippen molar-refractivity contribution in [3.8, 4) is 0 Å². The van der Waals surface area contributed by atoms with Crippen LogP contribution in [0.3, 0.4) is 0 Å². The number of nitrogens with one attached hydrogen (secondary N) is 1. The predicted molar refractivity (Wildman–Crippen MR) is 118 cm³/mol. The van der Waals surface area contributed by atoms with Crippen molar-refractivity contribution in [1.82, 2.24) is 5.32 Å². The second-order valence-electron chi connectivity index (χ2n) is 8.77. The van der Waals surface area contributed by atoms with Crippen LogP contribution in [0.2, 0.25) is 0 Å². The molecular formula is C24H21F9N2O4. The number of anilines is 1. The molecule has 15 heteroatoms. The number of carboxylic acid groups (broad SMARTS) is 1. The van der Waals surface area contributed by atoms with Crippen molar-refractivity contribution in [2.45, 2.75) is 56.8 Å². The standard InChI is InChI=1S/C24H21F9N2O4/c1-2-21(7-5-14-11-15(22(25,26)27)3-4-18(14)35(21)20(37)38)34-19(36)39-8-6-13-9-16(23(28,29)30)12-17(10-13)24(31,32)33/h3-4,9-12H,2,5-8H2,1H3,(H,34,36)(H,37,38). The smallest absolute Gasteiger partial charge is 0.416 e. The van der Waals surface area contributed by atoms with Crippen LogP contribution in [-0.2, 0) is 36.1 Å². The fourth-order valence-corrected chi connectivity index (χ4v) is 4.34. The van der Waals surface area contributed by atoms with Crippen molar-refractivity contribution in [3.05, 3.63) is 64.2 Å². The molecule has 0 fully saturated rings. The van der Waals surface area contributed by atoms with Gasteiger partial charge in [0.1, 0.15) is 5.66 Å². The van der Waals surface area contributed by atoms with E-state index in [-0.39, 0.29) is 36.6 Å². The molecule has 1 unspecified atom stereocenters. The summed E-state index contributed by atoms with van der Waals surface area (Å²) < 4.78 is 122. The minimum atomic E-state index is -5.06. The number of alkyl halides is 9. The third kappa shape index (κ3) is 6.68. The molecule has 214 valence electrons. The van der Waals surface area contributed by atoms with Crippen LogP contribution in [0.4, 0.5) is 54.8 Å². The molecule has 2 amide bonds. The van der Waals surface area contributed by atoms with Crippen LogP contribution in [0.25, 0.3) is 0 Å². The second-order valence-corrected chi connectivity index (χ2v) is 8.77. The number of ether oxygens (including phenoxy) is 1. The molecule has 0 saturated carbocycles. The van der Waals surface area contributed by atoms with Crippen LogP contribution in [0.15, 0.2) is 36.4 Å². The van der Waals surface area contributed by atoms with Gasteiger partial charge in [0.05, 0.1) is 29.0 Å². The van der Waals surface area contributed by atoms with E-state index in [0.717, 1.165) is 12.1 Å². The highest BCUT2D eigenvalue weighted by Crippen LogP contribution is 2.41.